The van der Waals surface area contributed by atoms with Gasteiger partial charge in [-0.2, -0.15) is 0 Å². The first kappa shape index (κ1) is 10.6. The van der Waals surface area contributed by atoms with Gasteiger partial charge in [0, 0.05) is 22.5 Å². The zero-order chi connectivity index (χ0) is 12.9. The maximum Gasteiger partial charge on any atom is 0.282 e. The maximum atomic E-state index is 12.3. The van der Waals surface area contributed by atoms with E-state index >= 15 is 0 Å². The van der Waals surface area contributed by atoms with Crippen LogP contribution >= 0.6 is 0 Å². The van der Waals surface area contributed by atoms with Crippen LogP contribution in [0, 0.1) is 0 Å². The van der Waals surface area contributed by atoms with Gasteiger partial charge in [0.1, 0.15) is 0 Å². The number of para-hydroxylation sites is 2. The predicted molar refractivity (Wildman–Crippen MR) is 71.6 cm³/mol. The summed E-state index contributed by atoms with van der Waals surface area (Å²) in [4.78, 5) is 12.3. The van der Waals surface area contributed by atoms with Gasteiger partial charge in [-0.15, -0.1) is 0 Å². The average Bonchev–Trinajstić information content (AvgIpc) is 2.72. The highest BCUT2D eigenvalue weighted by Gasteiger charge is 2.50. The summed E-state index contributed by atoms with van der Waals surface area (Å²) in [5.74, 6) is -0.164. The van der Waals surface area contributed by atoms with E-state index in [1.807, 2.05) is 48.5 Å². The quantitative estimate of drug-likeness (QED) is 0.757. The molecular formula is C15H12N2O2. The molecule has 0 bridgehead atoms. The summed E-state index contributed by atoms with van der Waals surface area (Å²) in [6.45, 7) is 0.422. The van der Waals surface area contributed by atoms with Crippen LogP contribution in [0.4, 0.5) is 11.4 Å². The van der Waals surface area contributed by atoms with Crippen molar-refractivity contribution in [3.63, 3.8) is 0 Å². The number of amides is 1. The molecule has 0 fully saturated rings. The van der Waals surface area contributed by atoms with Crippen LogP contribution < -0.4 is 10.6 Å². The van der Waals surface area contributed by atoms with Gasteiger partial charge < -0.3 is 15.4 Å². The molecule has 4 nitrogen and oxygen atoms in total. The first-order chi connectivity index (χ1) is 9.29. The highest BCUT2D eigenvalue weighted by molar-refractivity contribution is 6.06. The molecule has 94 valence electrons. The molecule has 2 aromatic carbocycles. The third-order valence-corrected chi connectivity index (χ3v) is 3.65. The third kappa shape index (κ3) is 1.34. The number of hydrogen-bond donors (Lipinski definition) is 2. The number of benzene rings is 2. The Labute approximate surface area is 110 Å². The summed E-state index contributed by atoms with van der Waals surface area (Å²) >= 11 is 0. The van der Waals surface area contributed by atoms with Crippen LogP contribution in [0.3, 0.4) is 0 Å². The molecule has 2 N–H and O–H groups in total. The molecule has 0 aliphatic carbocycles. The number of fused-ring (bicyclic) bond motifs is 3. The second-order valence-electron chi connectivity index (χ2n) is 4.75. The molecule has 1 atom stereocenters. The second kappa shape index (κ2) is 3.59. The molecule has 1 spiro atoms. The summed E-state index contributed by atoms with van der Waals surface area (Å²) in [6, 6.07) is 15.5. The lowest BCUT2D eigenvalue weighted by molar-refractivity contribution is -0.140. The van der Waals surface area contributed by atoms with Crippen molar-refractivity contribution in [3.05, 3.63) is 59.7 Å². The highest BCUT2D eigenvalue weighted by atomic mass is 16.5. The smallest absolute Gasteiger partial charge is 0.282 e. The van der Waals surface area contributed by atoms with Crippen LogP contribution in [0.1, 0.15) is 11.1 Å². The second-order valence-corrected chi connectivity index (χ2v) is 4.75. The van der Waals surface area contributed by atoms with Gasteiger partial charge >= 0.3 is 0 Å². The van der Waals surface area contributed by atoms with E-state index < -0.39 is 5.72 Å². The number of carbonyl (C=O) groups is 1. The SMILES string of the molecule is O=C1Nc2ccccc2[C@@]12Nc1ccccc1CO2. The molecule has 2 heterocycles. The lowest BCUT2D eigenvalue weighted by Crippen LogP contribution is -2.47. The molecule has 2 aliphatic rings. The summed E-state index contributed by atoms with van der Waals surface area (Å²) in [7, 11) is 0. The Bertz CT molecular complexity index is 683. The molecule has 0 aromatic heterocycles. The van der Waals surface area contributed by atoms with Gasteiger partial charge in [-0.1, -0.05) is 36.4 Å². The van der Waals surface area contributed by atoms with E-state index in [2.05, 4.69) is 10.6 Å². The molecule has 0 unspecified atom stereocenters. The number of hydrogen-bond acceptors (Lipinski definition) is 3. The zero-order valence-electron chi connectivity index (χ0n) is 10.1. The van der Waals surface area contributed by atoms with Crippen molar-refractivity contribution in [3.8, 4) is 0 Å². The van der Waals surface area contributed by atoms with Crippen LogP contribution in [0.2, 0.25) is 0 Å². The fourth-order valence-electron chi connectivity index (χ4n) is 2.68. The summed E-state index contributed by atoms with van der Waals surface area (Å²) < 4.78 is 5.87. The van der Waals surface area contributed by atoms with Gasteiger partial charge in [-0.3, -0.25) is 4.79 Å². The minimum atomic E-state index is -1.09. The Morgan fingerprint density at radius 3 is 2.63 bits per heavy atom. The molecule has 2 aromatic rings. The third-order valence-electron chi connectivity index (χ3n) is 3.65. The van der Waals surface area contributed by atoms with Crippen molar-refractivity contribution in [1.82, 2.24) is 0 Å². The van der Waals surface area contributed by atoms with Crippen molar-refractivity contribution in [1.29, 1.82) is 0 Å². The Morgan fingerprint density at radius 2 is 1.74 bits per heavy atom. The topological polar surface area (TPSA) is 50.4 Å². The summed E-state index contributed by atoms with van der Waals surface area (Å²) in [5.41, 5.74) is 2.56. The van der Waals surface area contributed by atoms with Crippen LogP contribution in [-0.2, 0) is 21.9 Å². The van der Waals surface area contributed by atoms with Crippen molar-refractivity contribution in [2.75, 3.05) is 10.6 Å². The van der Waals surface area contributed by atoms with E-state index in [9.17, 15) is 4.79 Å². The lowest BCUT2D eigenvalue weighted by Gasteiger charge is -2.35. The molecule has 4 rings (SSSR count). The Balaban J connectivity index is 1.87. The monoisotopic (exact) mass is 252 g/mol. The first-order valence-electron chi connectivity index (χ1n) is 6.21. The lowest BCUT2D eigenvalue weighted by atomic mass is 10.0. The average molecular weight is 252 g/mol. The van der Waals surface area contributed by atoms with Crippen LogP contribution in [0.5, 0.6) is 0 Å². The number of carbonyl (C=O) groups excluding carboxylic acids is 1. The van der Waals surface area contributed by atoms with E-state index in [-0.39, 0.29) is 5.91 Å². The number of anilines is 2. The van der Waals surface area contributed by atoms with Gasteiger partial charge in [0.05, 0.1) is 6.61 Å². The van der Waals surface area contributed by atoms with E-state index in [0.29, 0.717) is 6.61 Å². The normalized spacial score (nSPS) is 23.5. The maximum absolute atomic E-state index is 12.3. The zero-order valence-corrected chi connectivity index (χ0v) is 10.1. The molecule has 4 heteroatoms. The predicted octanol–water partition coefficient (Wildman–Crippen LogP) is 2.43. The van der Waals surface area contributed by atoms with E-state index in [1.54, 1.807) is 0 Å². The molecule has 0 radical (unpaired) electrons. The molecule has 1 amide bonds. The fourth-order valence-corrected chi connectivity index (χ4v) is 2.68. The Kier molecular flexibility index (Phi) is 2.00. The van der Waals surface area contributed by atoms with Crippen molar-refractivity contribution in [2.24, 2.45) is 0 Å². The van der Waals surface area contributed by atoms with Gasteiger partial charge in [-0.05, 0) is 12.1 Å². The van der Waals surface area contributed by atoms with Gasteiger partial charge in [0.15, 0.2) is 0 Å². The Hall–Kier alpha value is -2.33. The standard InChI is InChI=1S/C15H12N2O2/c18-14-15(11-6-2-4-8-13(11)16-14)17-12-7-3-1-5-10(12)9-19-15/h1-8,17H,9H2,(H,16,18)/t15-/m0/s1. The van der Waals surface area contributed by atoms with Gasteiger partial charge in [0.25, 0.3) is 5.91 Å². The molecule has 0 saturated carbocycles. The number of nitrogens with one attached hydrogen (secondary N) is 2. The fraction of sp³-hybridized carbons (Fsp3) is 0.133. The summed E-state index contributed by atoms with van der Waals surface area (Å²) in [5, 5.41) is 6.11. The minimum Gasteiger partial charge on any atom is -0.346 e. The highest BCUT2D eigenvalue weighted by Crippen LogP contribution is 2.43. The number of ether oxygens (including phenoxy) is 1. The van der Waals surface area contributed by atoms with Crippen LogP contribution in [0.15, 0.2) is 48.5 Å². The first-order valence-corrected chi connectivity index (χ1v) is 6.21. The molecule has 2 aliphatic heterocycles. The molecule has 19 heavy (non-hydrogen) atoms. The molecular weight excluding hydrogens is 240 g/mol. The van der Waals surface area contributed by atoms with Crippen LogP contribution in [-0.4, -0.2) is 5.91 Å². The minimum absolute atomic E-state index is 0.164. The van der Waals surface area contributed by atoms with Gasteiger partial charge in [-0.25, -0.2) is 0 Å². The van der Waals surface area contributed by atoms with E-state index in [0.717, 1.165) is 22.5 Å². The number of rotatable bonds is 0. The summed E-state index contributed by atoms with van der Waals surface area (Å²) in [6.07, 6.45) is 0. The Morgan fingerprint density at radius 1 is 1.00 bits per heavy atom. The van der Waals surface area contributed by atoms with Gasteiger partial charge in [0.2, 0.25) is 5.72 Å². The largest absolute Gasteiger partial charge is 0.346 e. The molecule has 0 saturated heterocycles. The van der Waals surface area contributed by atoms with Crippen molar-refractivity contribution >= 4 is 17.3 Å². The van der Waals surface area contributed by atoms with Crippen molar-refractivity contribution < 1.29 is 9.53 Å². The van der Waals surface area contributed by atoms with E-state index in [4.69, 9.17) is 4.74 Å². The van der Waals surface area contributed by atoms with E-state index in [1.165, 1.54) is 0 Å². The van der Waals surface area contributed by atoms with Crippen molar-refractivity contribution in [2.45, 2.75) is 12.3 Å². The van der Waals surface area contributed by atoms with Crippen LogP contribution in [0.25, 0.3) is 0 Å².